The van der Waals surface area contributed by atoms with Crippen LogP contribution in [0.15, 0.2) is 47.4 Å². The molecule has 1 saturated heterocycles. The molecule has 0 spiro atoms. The van der Waals surface area contributed by atoms with Gasteiger partial charge in [-0.2, -0.15) is 0 Å². The molecule has 2 heterocycles. The highest BCUT2D eigenvalue weighted by molar-refractivity contribution is 7.90. The monoisotopic (exact) mass is 442 g/mol. The highest BCUT2D eigenvalue weighted by Gasteiger charge is 2.23. The number of likely N-dealkylation sites (tertiary alicyclic amines) is 1. The molecule has 0 unspecified atom stereocenters. The van der Waals surface area contributed by atoms with Crippen molar-refractivity contribution in [1.29, 1.82) is 0 Å². The number of hydrogen-bond acceptors (Lipinski definition) is 5. The lowest BCUT2D eigenvalue weighted by Crippen LogP contribution is -2.38. The fourth-order valence-electron chi connectivity index (χ4n) is 4.46. The Balaban J connectivity index is 1.41. The molecule has 31 heavy (non-hydrogen) atoms. The number of carbonyl (C=O) groups excluding carboxylic acids is 1. The van der Waals surface area contributed by atoms with Crippen molar-refractivity contribution >= 4 is 15.7 Å². The van der Waals surface area contributed by atoms with Crippen molar-refractivity contribution in [2.24, 2.45) is 5.92 Å². The molecule has 2 aliphatic heterocycles. The van der Waals surface area contributed by atoms with Crippen molar-refractivity contribution < 1.29 is 17.9 Å². The van der Waals surface area contributed by atoms with Crippen LogP contribution in [0, 0.1) is 5.92 Å². The van der Waals surface area contributed by atoms with Gasteiger partial charge in [-0.25, -0.2) is 8.42 Å². The number of carbonyl (C=O) groups is 1. The van der Waals surface area contributed by atoms with Crippen molar-refractivity contribution in [2.75, 3.05) is 26.0 Å². The molecule has 2 aromatic rings. The largest absolute Gasteiger partial charge is 0.492 e. The summed E-state index contributed by atoms with van der Waals surface area (Å²) in [5.74, 6) is 0.853. The standard InChI is InChI=1S/C24H30N2O4S/c1-18(27)26-11-9-19(10-12-26)17-30-23-8-7-20(13-24(23)31(2,28)29)14-25-15-21-5-3-4-6-22(21)16-25/h3-8,13,19H,9-12,14-17H2,1-2H3. The molecule has 0 bridgehead atoms. The molecule has 1 amide bonds. The lowest BCUT2D eigenvalue weighted by molar-refractivity contribution is -0.130. The van der Waals surface area contributed by atoms with Crippen molar-refractivity contribution in [3.8, 4) is 5.75 Å². The van der Waals surface area contributed by atoms with Gasteiger partial charge >= 0.3 is 0 Å². The van der Waals surface area contributed by atoms with Crippen LogP contribution in [0.25, 0.3) is 0 Å². The number of nitrogens with zero attached hydrogens (tertiary/aromatic N) is 2. The minimum absolute atomic E-state index is 0.107. The average Bonchev–Trinajstić information content (AvgIpc) is 3.14. The fourth-order valence-corrected chi connectivity index (χ4v) is 5.31. The van der Waals surface area contributed by atoms with Gasteiger partial charge in [0.25, 0.3) is 0 Å². The Hall–Kier alpha value is -2.38. The Bertz CT molecular complexity index is 1030. The number of hydrogen-bond donors (Lipinski definition) is 0. The Labute approximate surface area is 184 Å². The SMILES string of the molecule is CC(=O)N1CCC(COc2ccc(CN3Cc4ccccc4C3)cc2S(C)(=O)=O)CC1. The van der Waals surface area contributed by atoms with Crippen LogP contribution in [0.2, 0.25) is 0 Å². The lowest BCUT2D eigenvalue weighted by Gasteiger charge is -2.31. The molecule has 0 aromatic heterocycles. The van der Waals surface area contributed by atoms with Crippen molar-refractivity contribution in [1.82, 2.24) is 9.80 Å². The molecule has 0 atom stereocenters. The van der Waals surface area contributed by atoms with E-state index in [0.717, 1.165) is 44.6 Å². The second-order valence-electron chi connectivity index (χ2n) is 8.73. The lowest BCUT2D eigenvalue weighted by atomic mass is 9.98. The van der Waals surface area contributed by atoms with Gasteiger partial charge in [-0.1, -0.05) is 30.3 Å². The maximum Gasteiger partial charge on any atom is 0.219 e. The number of rotatable bonds is 6. The van der Waals surface area contributed by atoms with Gasteiger partial charge in [0.05, 0.1) is 6.61 Å². The van der Waals surface area contributed by atoms with E-state index in [1.165, 1.54) is 17.4 Å². The first kappa shape index (κ1) is 21.8. The second kappa shape index (κ2) is 9.01. The third kappa shape index (κ3) is 5.28. The van der Waals surface area contributed by atoms with E-state index in [9.17, 15) is 13.2 Å². The Kier molecular flexibility index (Phi) is 6.34. The molecule has 166 valence electrons. The quantitative estimate of drug-likeness (QED) is 0.687. The molecular weight excluding hydrogens is 412 g/mol. The predicted octanol–water partition coefficient (Wildman–Crippen LogP) is 3.24. The topological polar surface area (TPSA) is 66.9 Å². The fraction of sp³-hybridized carbons (Fsp3) is 0.458. The van der Waals surface area contributed by atoms with Crippen LogP contribution in [0.1, 0.15) is 36.5 Å². The highest BCUT2D eigenvalue weighted by atomic mass is 32.2. The van der Waals surface area contributed by atoms with Gasteiger partial charge in [0.15, 0.2) is 9.84 Å². The molecular formula is C24H30N2O4S. The first-order valence-corrected chi connectivity index (χ1v) is 12.7. The minimum Gasteiger partial charge on any atom is -0.492 e. The van der Waals surface area contributed by atoms with E-state index >= 15 is 0 Å². The Morgan fingerprint density at radius 2 is 1.71 bits per heavy atom. The molecule has 1 fully saturated rings. The molecule has 0 N–H and O–H groups in total. The van der Waals surface area contributed by atoms with E-state index < -0.39 is 9.84 Å². The van der Waals surface area contributed by atoms with Crippen LogP contribution in [0.4, 0.5) is 0 Å². The van der Waals surface area contributed by atoms with Crippen molar-refractivity contribution in [3.63, 3.8) is 0 Å². The summed E-state index contributed by atoms with van der Waals surface area (Å²) in [5, 5.41) is 0. The number of fused-ring (bicyclic) bond motifs is 1. The number of amides is 1. The predicted molar refractivity (Wildman–Crippen MR) is 119 cm³/mol. The van der Waals surface area contributed by atoms with Gasteiger partial charge < -0.3 is 9.64 Å². The number of benzene rings is 2. The van der Waals surface area contributed by atoms with E-state index in [0.29, 0.717) is 24.8 Å². The first-order valence-electron chi connectivity index (χ1n) is 10.8. The molecule has 2 aromatic carbocycles. The molecule has 2 aliphatic rings. The zero-order valence-corrected chi connectivity index (χ0v) is 19.0. The van der Waals surface area contributed by atoms with Crippen LogP contribution in [-0.4, -0.2) is 50.1 Å². The molecule has 0 aliphatic carbocycles. The smallest absolute Gasteiger partial charge is 0.219 e. The summed E-state index contributed by atoms with van der Waals surface area (Å²) in [6.45, 7) is 5.98. The molecule has 7 heteroatoms. The van der Waals surface area contributed by atoms with E-state index in [-0.39, 0.29) is 10.8 Å². The van der Waals surface area contributed by atoms with Crippen LogP contribution in [-0.2, 0) is 34.3 Å². The van der Waals surface area contributed by atoms with Crippen LogP contribution in [0.5, 0.6) is 5.75 Å². The van der Waals surface area contributed by atoms with Gasteiger partial charge in [0.2, 0.25) is 5.91 Å². The third-order valence-corrected chi connectivity index (χ3v) is 7.37. The number of piperidine rings is 1. The van der Waals surface area contributed by atoms with Crippen LogP contribution < -0.4 is 4.74 Å². The summed E-state index contributed by atoms with van der Waals surface area (Å²) in [6.07, 6.45) is 2.98. The first-order chi connectivity index (χ1) is 14.8. The maximum atomic E-state index is 12.5. The second-order valence-corrected chi connectivity index (χ2v) is 10.7. The Morgan fingerprint density at radius 3 is 2.29 bits per heavy atom. The summed E-state index contributed by atoms with van der Waals surface area (Å²) < 4.78 is 30.9. The zero-order chi connectivity index (χ0) is 22.0. The van der Waals surface area contributed by atoms with E-state index in [4.69, 9.17) is 4.74 Å². The van der Waals surface area contributed by atoms with Gasteiger partial charge in [0, 0.05) is 45.9 Å². The highest BCUT2D eigenvalue weighted by Crippen LogP contribution is 2.29. The van der Waals surface area contributed by atoms with E-state index in [2.05, 4.69) is 29.2 Å². The van der Waals surface area contributed by atoms with Crippen molar-refractivity contribution in [3.05, 3.63) is 59.2 Å². The summed E-state index contributed by atoms with van der Waals surface area (Å²) in [5.41, 5.74) is 3.64. The molecule has 4 rings (SSSR count). The molecule has 0 radical (unpaired) electrons. The van der Waals surface area contributed by atoms with Gasteiger partial charge in [-0.3, -0.25) is 9.69 Å². The van der Waals surface area contributed by atoms with E-state index in [1.807, 2.05) is 11.0 Å². The third-order valence-electron chi connectivity index (χ3n) is 6.25. The summed E-state index contributed by atoms with van der Waals surface area (Å²) in [6, 6.07) is 13.9. The van der Waals surface area contributed by atoms with Crippen LogP contribution >= 0.6 is 0 Å². The summed E-state index contributed by atoms with van der Waals surface area (Å²) in [7, 11) is -3.41. The molecule has 6 nitrogen and oxygen atoms in total. The maximum absolute atomic E-state index is 12.5. The van der Waals surface area contributed by atoms with Gasteiger partial charge in [0.1, 0.15) is 10.6 Å². The van der Waals surface area contributed by atoms with Crippen LogP contribution in [0.3, 0.4) is 0 Å². The van der Waals surface area contributed by atoms with Gasteiger partial charge in [-0.05, 0) is 47.6 Å². The summed E-state index contributed by atoms with van der Waals surface area (Å²) >= 11 is 0. The van der Waals surface area contributed by atoms with Gasteiger partial charge in [-0.15, -0.1) is 0 Å². The normalized spacial score (nSPS) is 17.5. The number of ether oxygens (including phenoxy) is 1. The number of sulfone groups is 1. The van der Waals surface area contributed by atoms with E-state index in [1.54, 1.807) is 19.1 Å². The summed E-state index contributed by atoms with van der Waals surface area (Å²) in [4.78, 5) is 15.9. The molecule has 0 saturated carbocycles. The average molecular weight is 443 g/mol. The van der Waals surface area contributed by atoms with Crippen molar-refractivity contribution in [2.45, 2.75) is 44.3 Å². The Morgan fingerprint density at radius 1 is 1.06 bits per heavy atom. The zero-order valence-electron chi connectivity index (χ0n) is 18.2. The minimum atomic E-state index is -3.41.